The molecule has 0 fully saturated rings. The van der Waals surface area contributed by atoms with Crippen molar-refractivity contribution in [1.29, 1.82) is 0 Å². The van der Waals surface area contributed by atoms with Crippen LogP contribution in [0.25, 0.3) is 10.9 Å². The molecule has 0 bridgehead atoms. The molecule has 25 heavy (non-hydrogen) atoms. The highest BCUT2D eigenvalue weighted by Gasteiger charge is 2.28. The average Bonchev–Trinajstić information content (AvgIpc) is 2.95. The Morgan fingerprint density at radius 3 is 2.88 bits per heavy atom. The normalized spacial score (nSPS) is 17.0. The summed E-state index contributed by atoms with van der Waals surface area (Å²) in [7, 11) is -3.74. The lowest BCUT2D eigenvalue weighted by Gasteiger charge is -2.15. The summed E-state index contributed by atoms with van der Waals surface area (Å²) in [5.41, 5.74) is 3.13. The first-order valence-electron chi connectivity index (χ1n) is 8.10. The van der Waals surface area contributed by atoms with E-state index in [9.17, 15) is 12.8 Å². The Morgan fingerprint density at radius 1 is 1.20 bits per heavy atom. The van der Waals surface area contributed by atoms with Crippen molar-refractivity contribution in [1.82, 2.24) is 9.71 Å². The van der Waals surface area contributed by atoms with Crippen LogP contribution in [0.15, 0.2) is 53.6 Å². The second kappa shape index (κ2) is 5.89. The summed E-state index contributed by atoms with van der Waals surface area (Å²) >= 11 is 0. The van der Waals surface area contributed by atoms with Gasteiger partial charge in [-0.05, 0) is 60.7 Å². The van der Waals surface area contributed by atoms with Crippen molar-refractivity contribution < 1.29 is 12.8 Å². The molecule has 128 valence electrons. The lowest BCUT2D eigenvalue weighted by molar-refractivity contribution is 0.555. The minimum atomic E-state index is -3.74. The molecule has 0 radical (unpaired) electrons. The lowest BCUT2D eigenvalue weighted by Crippen LogP contribution is -2.27. The number of nitrogens with one attached hydrogen (secondary N) is 1. The summed E-state index contributed by atoms with van der Waals surface area (Å²) in [5, 5.41) is 0.789. The summed E-state index contributed by atoms with van der Waals surface area (Å²) in [4.78, 5) is 4.48. The molecular weight excluding hydrogens is 339 g/mol. The van der Waals surface area contributed by atoms with Crippen molar-refractivity contribution in [2.75, 3.05) is 0 Å². The smallest absolute Gasteiger partial charge is 0.243 e. The van der Waals surface area contributed by atoms with Crippen LogP contribution in [0.5, 0.6) is 0 Å². The van der Waals surface area contributed by atoms with Gasteiger partial charge in [0.15, 0.2) is 0 Å². The molecule has 0 unspecified atom stereocenters. The van der Waals surface area contributed by atoms with Crippen molar-refractivity contribution in [3.05, 3.63) is 71.2 Å². The fourth-order valence-corrected chi connectivity index (χ4v) is 4.85. The Balaban J connectivity index is 1.73. The zero-order chi connectivity index (χ0) is 17.6. The van der Waals surface area contributed by atoms with Crippen LogP contribution in [0.1, 0.15) is 29.2 Å². The first kappa shape index (κ1) is 16.2. The first-order chi connectivity index (χ1) is 11.9. The molecule has 1 N–H and O–H groups in total. The van der Waals surface area contributed by atoms with Gasteiger partial charge < -0.3 is 0 Å². The highest BCUT2D eigenvalue weighted by molar-refractivity contribution is 7.89. The molecule has 0 spiro atoms. The van der Waals surface area contributed by atoms with Crippen molar-refractivity contribution in [3.8, 4) is 0 Å². The predicted molar refractivity (Wildman–Crippen MR) is 94.3 cm³/mol. The minimum Gasteiger partial charge on any atom is -0.255 e. The second-order valence-corrected chi connectivity index (χ2v) is 8.08. The number of rotatable bonds is 3. The number of nitrogens with zero attached hydrogens (tertiary/aromatic N) is 1. The van der Waals surface area contributed by atoms with Crippen LogP contribution >= 0.6 is 0 Å². The fraction of sp³-hybridized carbons (Fsp3) is 0.211. The Hall–Kier alpha value is -2.31. The largest absolute Gasteiger partial charge is 0.255 e. The fourth-order valence-electron chi connectivity index (χ4n) is 3.42. The van der Waals surface area contributed by atoms with Gasteiger partial charge in [-0.3, -0.25) is 4.98 Å². The van der Waals surface area contributed by atoms with Gasteiger partial charge in [0.2, 0.25) is 10.0 Å². The summed E-state index contributed by atoms with van der Waals surface area (Å²) in [6, 6.07) is 11.2. The van der Waals surface area contributed by atoms with Gasteiger partial charge in [-0.15, -0.1) is 0 Å². The number of fused-ring (bicyclic) bond motifs is 2. The molecule has 1 aliphatic rings. The third-order valence-electron chi connectivity index (χ3n) is 4.58. The number of aryl methyl sites for hydroxylation is 2. The molecule has 2 aromatic carbocycles. The highest BCUT2D eigenvalue weighted by atomic mass is 32.2. The van der Waals surface area contributed by atoms with E-state index < -0.39 is 10.0 Å². The molecule has 1 heterocycles. The molecule has 4 nitrogen and oxygen atoms in total. The molecule has 1 aliphatic carbocycles. The molecule has 1 aromatic heterocycles. The van der Waals surface area contributed by atoms with Crippen LogP contribution in [0.3, 0.4) is 0 Å². The Labute approximate surface area is 145 Å². The number of halogens is 1. The number of hydrogen-bond acceptors (Lipinski definition) is 3. The third-order valence-corrected chi connectivity index (χ3v) is 6.08. The topological polar surface area (TPSA) is 59.1 Å². The van der Waals surface area contributed by atoms with Crippen molar-refractivity contribution in [2.45, 2.75) is 30.7 Å². The van der Waals surface area contributed by atoms with Crippen LogP contribution in [0.2, 0.25) is 0 Å². The molecular formula is C19H17FN2O2S. The van der Waals surface area contributed by atoms with Gasteiger partial charge in [-0.1, -0.05) is 18.2 Å². The SMILES string of the molecule is Cc1cnc2c(S(=O)(=O)N[C@@H]3CCc4cc(F)ccc43)cccc2c1. The Bertz CT molecular complexity index is 1080. The van der Waals surface area contributed by atoms with E-state index in [1.54, 1.807) is 24.4 Å². The summed E-state index contributed by atoms with van der Waals surface area (Å²) in [6.07, 6.45) is 2.94. The maximum Gasteiger partial charge on any atom is 0.243 e. The van der Waals surface area contributed by atoms with E-state index in [0.717, 1.165) is 22.1 Å². The van der Waals surface area contributed by atoms with Gasteiger partial charge in [0.25, 0.3) is 0 Å². The zero-order valence-electron chi connectivity index (χ0n) is 13.7. The van der Waals surface area contributed by atoms with Gasteiger partial charge in [0.05, 0.1) is 5.52 Å². The average molecular weight is 356 g/mol. The summed E-state index contributed by atoms with van der Waals surface area (Å²) in [6.45, 7) is 1.92. The van der Waals surface area contributed by atoms with Gasteiger partial charge in [0.1, 0.15) is 10.7 Å². The molecule has 0 saturated carbocycles. The number of hydrogen-bond donors (Lipinski definition) is 1. The van der Waals surface area contributed by atoms with E-state index in [0.29, 0.717) is 18.4 Å². The van der Waals surface area contributed by atoms with E-state index in [-0.39, 0.29) is 16.8 Å². The molecule has 6 heteroatoms. The standard InChI is InChI=1S/C19H17FN2O2S/c1-12-9-14-3-2-4-18(19(14)21-11-12)25(23,24)22-17-8-5-13-10-15(20)6-7-16(13)17/h2-4,6-7,9-11,17,22H,5,8H2,1H3/t17-/m1/s1. The van der Waals surface area contributed by atoms with Gasteiger partial charge >= 0.3 is 0 Å². The van der Waals surface area contributed by atoms with E-state index in [4.69, 9.17) is 0 Å². The van der Waals surface area contributed by atoms with Gasteiger partial charge in [-0.2, -0.15) is 0 Å². The minimum absolute atomic E-state index is 0.167. The summed E-state index contributed by atoms with van der Waals surface area (Å²) < 4.78 is 42.0. The van der Waals surface area contributed by atoms with Crippen molar-refractivity contribution in [2.24, 2.45) is 0 Å². The number of benzene rings is 2. The van der Waals surface area contributed by atoms with E-state index in [1.165, 1.54) is 12.1 Å². The van der Waals surface area contributed by atoms with Gasteiger partial charge in [-0.25, -0.2) is 17.5 Å². The second-order valence-electron chi connectivity index (χ2n) is 6.40. The van der Waals surface area contributed by atoms with E-state index in [2.05, 4.69) is 9.71 Å². The molecule has 0 amide bonds. The zero-order valence-corrected chi connectivity index (χ0v) is 14.5. The van der Waals surface area contributed by atoms with E-state index in [1.807, 2.05) is 19.1 Å². The molecule has 0 aliphatic heterocycles. The Kier molecular flexibility index (Phi) is 3.81. The van der Waals surface area contributed by atoms with Gasteiger partial charge in [0, 0.05) is 17.6 Å². The lowest BCUT2D eigenvalue weighted by atomic mass is 10.1. The number of sulfonamides is 1. The number of pyridine rings is 1. The molecule has 3 aromatic rings. The molecule has 4 rings (SSSR count). The van der Waals surface area contributed by atoms with Crippen LogP contribution in [0, 0.1) is 12.7 Å². The number of aromatic nitrogens is 1. The first-order valence-corrected chi connectivity index (χ1v) is 9.58. The Morgan fingerprint density at radius 2 is 2.04 bits per heavy atom. The van der Waals surface area contributed by atoms with Crippen LogP contribution in [-0.2, 0) is 16.4 Å². The predicted octanol–water partition coefficient (Wildman–Crippen LogP) is 3.65. The van der Waals surface area contributed by atoms with Crippen LogP contribution in [0.4, 0.5) is 4.39 Å². The summed E-state index contributed by atoms with van der Waals surface area (Å²) in [5.74, 6) is -0.295. The molecule has 0 saturated heterocycles. The van der Waals surface area contributed by atoms with Crippen molar-refractivity contribution in [3.63, 3.8) is 0 Å². The third kappa shape index (κ3) is 2.92. The maximum atomic E-state index is 13.4. The van der Waals surface area contributed by atoms with E-state index >= 15 is 0 Å². The molecule has 1 atom stereocenters. The quantitative estimate of drug-likeness (QED) is 0.779. The monoisotopic (exact) mass is 356 g/mol. The van der Waals surface area contributed by atoms with Crippen LogP contribution < -0.4 is 4.72 Å². The highest BCUT2D eigenvalue weighted by Crippen LogP contribution is 2.33. The maximum absolute atomic E-state index is 13.4. The van der Waals surface area contributed by atoms with Crippen LogP contribution in [-0.4, -0.2) is 13.4 Å². The van der Waals surface area contributed by atoms with Crippen molar-refractivity contribution >= 4 is 20.9 Å². The number of para-hydroxylation sites is 1.